The molecule has 0 aliphatic rings. The Morgan fingerprint density at radius 2 is 1.29 bits per heavy atom. The zero-order chi connectivity index (χ0) is 13.4. The fourth-order valence-corrected chi connectivity index (χ4v) is 1.20. The standard InChI is InChI=1S/C12H18O5/c1-5-9(13)8(4)10(11(14)16-6-2)12(15)17-7-3/h5-7H2,1-4H3. The van der Waals surface area contributed by atoms with Gasteiger partial charge in [-0.25, -0.2) is 9.59 Å². The zero-order valence-electron chi connectivity index (χ0n) is 10.7. The van der Waals surface area contributed by atoms with Gasteiger partial charge in [-0.3, -0.25) is 4.79 Å². The number of hydrogen-bond acceptors (Lipinski definition) is 5. The zero-order valence-corrected chi connectivity index (χ0v) is 10.7. The summed E-state index contributed by atoms with van der Waals surface area (Å²) in [5.41, 5.74) is -0.218. The van der Waals surface area contributed by atoms with E-state index < -0.39 is 11.9 Å². The lowest BCUT2D eigenvalue weighted by atomic mass is 10.0. The van der Waals surface area contributed by atoms with Gasteiger partial charge in [0.25, 0.3) is 0 Å². The Kier molecular flexibility index (Phi) is 6.86. The first-order chi connectivity index (χ1) is 7.99. The van der Waals surface area contributed by atoms with Crippen LogP contribution in [0.25, 0.3) is 0 Å². The van der Waals surface area contributed by atoms with Gasteiger partial charge in [-0.1, -0.05) is 6.92 Å². The van der Waals surface area contributed by atoms with Crippen molar-refractivity contribution in [2.45, 2.75) is 34.1 Å². The maximum Gasteiger partial charge on any atom is 0.345 e. The fraction of sp³-hybridized carbons (Fsp3) is 0.583. The van der Waals surface area contributed by atoms with Gasteiger partial charge in [-0.15, -0.1) is 0 Å². The molecule has 0 heterocycles. The number of ketones is 1. The van der Waals surface area contributed by atoms with Crippen molar-refractivity contribution < 1.29 is 23.9 Å². The van der Waals surface area contributed by atoms with Crippen LogP contribution in [-0.2, 0) is 23.9 Å². The van der Waals surface area contributed by atoms with Crippen LogP contribution in [0.5, 0.6) is 0 Å². The molecule has 0 aromatic carbocycles. The van der Waals surface area contributed by atoms with Gasteiger partial charge in [0, 0.05) is 12.0 Å². The second-order valence-electron chi connectivity index (χ2n) is 3.22. The van der Waals surface area contributed by atoms with Crippen molar-refractivity contribution >= 4 is 17.7 Å². The summed E-state index contributed by atoms with van der Waals surface area (Å²) in [7, 11) is 0. The normalized spacial score (nSPS) is 9.41. The van der Waals surface area contributed by atoms with Crippen molar-refractivity contribution in [3.63, 3.8) is 0 Å². The average Bonchev–Trinajstić information content (AvgIpc) is 2.28. The van der Waals surface area contributed by atoms with Crippen LogP contribution in [0.4, 0.5) is 0 Å². The molecule has 0 spiro atoms. The van der Waals surface area contributed by atoms with E-state index in [4.69, 9.17) is 9.47 Å². The minimum absolute atomic E-state index is 0.0874. The third-order valence-electron chi connectivity index (χ3n) is 2.07. The van der Waals surface area contributed by atoms with E-state index in [0.29, 0.717) is 0 Å². The van der Waals surface area contributed by atoms with E-state index >= 15 is 0 Å². The number of hydrogen-bond donors (Lipinski definition) is 0. The quantitative estimate of drug-likeness (QED) is 0.305. The van der Waals surface area contributed by atoms with Crippen LogP contribution in [-0.4, -0.2) is 30.9 Å². The molecule has 0 N–H and O–H groups in total. The summed E-state index contributed by atoms with van der Waals surface area (Å²) >= 11 is 0. The highest BCUT2D eigenvalue weighted by atomic mass is 16.6. The topological polar surface area (TPSA) is 69.7 Å². The minimum atomic E-state index is -0.815. The Morgan fingerprint density at radius 1 is 0.882 bits per heavy atom. The summed E-state index contributed by atoms with van der Waals surface area (Å²) in [5, 5.41) is 0. The van der Waals surface area contributed by atoms with Gasteiger partial charge in [0.15, 0.2) is 11.4 Å². The first-order valence-corrected chi connectivity index (χ1v) is 5.57. The van der Waals surface area contributed by atoms with E-state index in [1.807, 2.05) is 0 Å². The molecule has 0 saturated carbocycles. The van der Waals surface area contributed by atoms with Gasteiger partial charge in [-0.05, 0) is 20.8 Å². The molecule has 0 rings (SSSR count). The van der Waals surface area contributed by atoms with Crippen LogP contribution in [0.1, 0.15) is 34.1 Å². The highest BCUT2D eigenvalue weighted by Crippen LogP contribution is 2.11. The molecule has 0 radical (unpaired) electrons. The van der Waals surface area contributed by atoms with Crippen LogP contribution in [0.3, 0.4) is 0 Å². The number of carbonyl (C=O) groups is 3. The molecule has 0 aliphatic carbocycles. The smallest absolute Gasteiger partial charge is 0.345 e. The summed E-state index contributed by atoms with van der Waals surface area (Å²) in [6.07, 6.45) is 0.216. The van der Waals surface area contributed by atoms with E-state index in [1.165, 1.54) is 6.92 Å². The van der Waals surface area contributed by atoms with Gasteiger partial charge in [0.05, 0.1) is 13.2 Å². The van der Waals surface area contributed by atoms with Gasteiger partial charge >= 0.3 is 11.9 Å². The van der Waals surface area contributed by atoms with Gasteiger partial charge in [0.1, 0.15) is 0 Å². The molecule has 5 heteroatoms. The van der Waals surface area contributed by atoms with E-state index in [1.54, 1.807) is 20.8 Å². The Hall–Kier alpha value is -1.65. The molecule has 0 aliphatic heterocycles. The lowest BCUT2D eigenvalue weighted by molar-refractivity contribution is -0.147. The van der Waals surface area contributed by atoms with E-state index in [0.717, 1.165) is 0 Å². The molecule has 0 bridgehead atoms. The van der Waals surface area contributed by atoms with Crippen molar-refractivity contribution in [2.75, 3.05) is 13.2 Å². The number of ether oxygens (including phenoxy) is 2. The molecule has 96 valence electrons. The molecule has 0 aromatic rings. The van der Waals surface area contributed by atoms with Crippen LogP contribution in [0.15, 0.2) is 11.1 Å². The maximum absolute atomic E-state index is 11.6. The van der Waals surface area contributed by atoms with Gasteiger partial charge < -0.3 is 9.47 Å². The highest BCUT2D eigenvalue weighted by molar-refractivity contribution is 6.19. The summed E-state index contributed by atoms with van der Waals surface area (Å²) < 4.78 is 9.47. The minimum Gasteiger partial charge on any atom is -0.462 e. The lowest BCUT2D eigenvalue weighted by Gasteiger charge is -2.09. The molecule has 0 unspecified atom stereocenters. The Labute approximate surface area is 101 Å². The molecule has 0 atom stereocenters. The van der Waals surface area contributed by atoms with Gasteiger partial charge in [-0.2, -0.15) is 0 Å². The van der Waals surface area contributed by atoms with Crippen LogP contribution < -0.4 is 0 Å². The molecule has 17 heavy (non-hydrogen) atoms. The number of allylic oxidation sites excluding steroid dienone is 1. The predicted octanol–water partition coefficient (Wildman–Crippen LogP) is 1.41. The van der Waals surface area contributed by atoms with Crippen molar-refractivity contribution in [3.05, 3.63) is 11.1 Å². The lowest BCUT2D eigenvalue weighted by Crippen LogP contribution is -2.22. The Morgan fingerprint density at radius 3 is 1.59 bits per heavy atom. The maximum atomic E-state index is 11.6. The molecule has 0 aromatic heterocycles. The first-order valence-electron chi connectivity index (χ1n) is 5.57. The van der Waals surface area contributed by atoms with Crippen LogP contribution in [0.2, 0.25) is 0 Å². The largest absolute Gasteiger partial charge is 0.462 e. The van der Waals surface area contributed by atoms with Crippen LogP contribution >= 0.6 is 0 Å². The summed E-state index contributed by atoms with van der Waals surface area (Å²) in [4.78, 5) is 34.7. The summed E-state index contributed by atoms with van der Waals surface area (Å²) in [5.74, 6) is -1.91. The molecular formula is C12H18O5. The van der Waals surface area contributed by atoms with Gasteiger partial charge in [0.2, 0.25) is 0 Å². The molecule has 0 fully saturated rings. The molecule has 0 saturated heterocycles. The summed E-state index contributed by atoms with van der Waals surface area (Å²) in [6, 6.07) is 0. The third kappa shape index (κ3) is 4.38. The highest BCUT2D eigenvalue weighted by Gasteiger charge is 2.26. The third-order valence-corrected chi connectivity index (χ3v) is 2.07. The molecular weight excluding hydrogens is 224 g/mol. The Bertz CT molecular complexity index is 321. The summed E-state index contributed by atoms with van der Waals surface area (Å²) in [6.45, 7) is 6.59. The van der Waals surface area contributed by atoms with Crippen LogP contribution in [0, 0.1) is 0 Å². The van der Waals surface area contributed by atoms with E-state index in [2.05, 4.69) is 0 Å². The van der Waals surface area contributed by atoms with E-state index in [-0.39, 0.29) is 36.6 Å². The fourth-order valence-electron chi connectivity index (χ4n) is 1.20. The van der Waals surface area contributed by atoms with Crippen molar-refractivity contribution in [3.8, 4) is 0 Å². The number of carbonyl (C=O) groups excluding carboxylic acids is 3. The molecule has 0 amide bonds. The van der Waals surface area contributed by atoms with Crippen molar-refractivity contribution in [2.24, 2.45) is 0 Å². The number of esters is 2. The predicted molar refractivity (Wildman–Crippen MR) is 61.3 cm³/mol. The van der Waals surface area contributed by atoms with Crippen molar-refractivity contribution in [1.82, 2.24) is 0 Å². The van der Waals surface area contributed by atoms with E-state index in [9.17, 15) is 14.4 Å². The monoisotopic (exact) mass is 242 g/mol. The number of rotatable bonds is 6. The SMILES string of the molecule is CCOC(=O)C(C(=O)OCC)=C(C)C(=O)CC. The second kappa shape index (κ2) is 7.60. The molecule has 5 nitrogen and oxygen atoms in total. The number of Topliss-reactive ketones (excluding diaryl/α,β-unsaturated/α-hetero) is 1. The van der Waals surface area contributed by atoms with Crippen molar-refractivity contribution in [1.29, 1.82) is 0 Å². The first kappa shape index (κ1) is 15.3. The second-order valence-corrected chi connectivity index (χ2v) is 3.22. The average molecular weight is 242 g/mol. The Balaban J connectivity index is 5.30.